The summed E-state index contributed by atoms with van der Waals surface area (Å²) in [6.45, 7) is 3.99. The Balaban J connectivity index is 2.04. The van der Waals surface area contributed by atoms with Crippen molar-refractivity contribution in [3.63, 3.8) is 0 Å². The molecule has 3 nitrogen and oxygen atoms in total. The highest BCUT2D eigenvalue weighted by molar-refractivity contribution is 7.13. The summed E-state index contributed by atoms with van der Waals surface area (Å²) in [4.78, 5) is 16.4. The number of hydrogen-bond acceptors (Lipinski definition) is 3. The number of carbonyl (C=O) groups is 1. The number of benzene rings is 1. The first kappa shape index (κ1) is 13.3. The first-order valence-corrected chi connectivity index (χ1v) is 7.71. The van der Waals surface area contributed by atoms with E-state index in [1.807, 2.05) is 19.9 Å². The maximum absolute atomic E-state index is 11.4. The molecule has 1 aromatic carbocycles. The lowest BCUT2D eigenvalue weighted by molar-refractivity contribution is 0.0700. The van der Waals surface area contributed by atoms with E-state index in [-0.39, 0.29) is 11.8 Å². The molecular weight excluding hydrogens is 270 g/mol. The van der Waals surface area contributed by atoms with Crippen LogP contribution >= 0.6 is 11.3 Å². The van der Waals surface area contributed by atoms with Crippen LogP contribution in [0, 0.1) is 0 Å². The molecule has 0 aliphatic heterocycles. The van der Waals surface area contributed by atoms with Crippen LogP contribution in [0.2, 0.25) is 0 Å². The summed E-state index contributed by atoms with van der Waals surface area (Å²) >= 11 is 1.35. The van der Waals surface area contributed by atoms with E-state index in [2.05, 4.69) is 23.2 Å². The Kier molecular flexibility index (Phi) is 3.34. The van der Waals surface area contributed by atoms with Crippen molar-refractivity contribution in [2.75, 3.05) is 0 Å². The number of aryl methyl sites for hydroxylation is 1. The summed E-state index contributed by atoms with van der Waals surface area (Å²) < 4.78 is 0. The fraction of sp³-hybridized carbons (Fsp3) is 0.375. The second-order valence-corrected chi connectivity index (χ2v) is 6.55. The van der Waals surface area contributed by atoms with Crippen LogP contribution in [0.25, 0.3) is 0 Å². The molecule has 1 aromatic heterocycles. The van der Waals surface area contributed by atoms with E-state index in [9.17, 15) is 9.90 Å². The van der Waals surface area contributed by atoms with Gasteiger partial charge in [-0.3, -0.25) is 0 Å². The first-order chi connectivity index (χ1) is 9.58. The smallest absolute Gasteiger partial charge is 0.347 e. The highest BCUT2D eigenvalue weighted by Crippen LogP contribution is 2.41. The molecule has 1 N–H and O–H groups in total. The zero-order valence-corrected chi connectivity index (χ0v) is 12.4. The summed E-state index contributed by atoms with van der Waals surface area (Å²) in [6, 6.07) is 8.41. The molecule has 0 radical (unpaired) electrons. The van der Waals surface area contributed by atoms with Crippen LogP contribution in [0.3, 0.4) is 0 Å². The number of aromatic carboxylic acids is 1. The second-order valence-electron chi connectivity index (χ2n) is 5.52. The number of fused-ring (bicyclic) bond motifs is 1. The molecule has 104 valence electrons. The van der Waals surface area contributed by atoms with E-state index in [1.165, 1.54) is 22.5 Å². The number of carboxylic acid groups (broad SMARTS) is 1. The Bertz CT molecular complexity index is 660. The summed E-state index contributed by atoms with van der Waals surface area (Å²) in [5.41, 5.74) is 3.41. The molecule has 0 spiro atoms. The largest absolute Gasteiger partial charge is 0.477 e. The Morgan fingerprint density at radius 2 is 2.15 bits per heavy atom. The van der Waals surface area contributed by atoms with Gasteiger partial charge < -0.3 is 5.11 Å². The fourth-order valence-corrected chi connectivity index (χ4v) is 4.07. The van der Waals surface area contributed by atoms with Crippen molar-refractivity contribution in [2.45, 2.75) is 38.5 Å². The van der Waals surface area contributed by atoms with Crippen LogP contribution in [0.5, 0.6) is 0 Å². The molecule has 2 aromatic rings. The van der Waals surface area contributed by atoms with Crippen molar-refractivity contribution in [1.82, 2.24) is 4.98 Å². The maximum Gasteiger partial charge on any atom is 0.347 e. The van der Waals surface area contributed by atoms with E-state index in [0.717, 1.165) is 23.5 Å². The number of nitrogens with zero attached hydrogens (tertiary/aromatic N) is 1. The van der Waals surface area contributed by atoms with Crippen molar-refractivity contribution in [1.29, 1.82) is 0 Å². The summed E-state index contributed by atoms with van der Waals surface area (Å²) in [7, 11) is 0. The third-order valence-electron chi connectivity index (χ3n) is 3.84. The van der Waals surface area contributed by atoms with Crippen LogP contribution < -0.4 is 0 Å². The maximum atomic E-state index is 11.4. The lowest BCUT2D eigenvalue weighted by Crippen LogP contribution is -2.00. The zero-order chi connectivity index (χ0) is 14.3. The minimum Gasteiger partial charge on any atom is -0.477 e. The highest BCUT2D eigenvalue weighted by atomic mass is 32.1. The lowest BCUT2D eigenvalue weighted by atomic mass is 10.0. The summed E-state index contributed by atoms with van der Waals surface area (Å²) in [6.07, 6.45) is 2.09. The summed E-state index contributed by atoms with van der Waals surface area (Å²) in [5, 5.41) is 10.3. The number of rotatable bonds is 3. The van der Waals surface area contributed by atoms with E-state index in [0.29, 0.717) is 4.88 Å². The molecule has 0 saturated heterocycles. The molecule has 4 heteroatoms. The first-order valence-electron chi connectivity index (χ1n) is 6.89. The van der Waals surface area contributed by atoms with E-state index >= 15 is 0 Å². The van der Waals surface area contributed by atoms with Gasteiger partial charge in [-0.15, -0.1) is 11.3 Å². The van der Waals surface area contributed by atoms with E-state index in [4.69, 9.17) is 0 Å². The Labute approximate surface area is 122 Å². The van der Waals surface area contributed by atoms with E-state index in [1.54, 1.807) is 0 Å². The molecule has 1 unspecified atom stereocenters. The molecule has 1 heterocycles. The van der Waals surface area contributed by atoms with Crippen LogP contribution in [0.15, 0.2) is 24.3 Å². The van der Waals surface area contributed by atoms with Gasteiger partial charge >= 0.3 is 5.97 Å². The van der Waals surface area contributed by atoms with Gasteiger partial charge in [0.25, 0.3) is 0 Å². The van der Waals surface area contributed by atoms with Gasteiger partial charge in [0.2, 0.25) is 0 Å². The highest BCUT2D eigenvalue weighted by Gasteiger charge is 2.29. The molecule has 0 saturated carbocycles. The number of carboxylic acids is 1. The molecule has 0 amide bonds. The lowest BCUT2D eigenvalue weighted by Gasteiger charge is -2.07. The molecule has 0 fully saturated rings. The van der Waals surface area contributed by atoms with Crippen molar-refractivity contribution < 1.29 is 9.90 Å². The zero-order valence-electron chi connectivity index (χ0n) is 11.6. The van der Waals surface area contributed by atoms with Crippen molar-refractivity contribution >= 4 is 17.3 Å². The van der Waals surface area contributed by atoms with Gasteiger partial charge in [0.05, 0.1) is 5.69 Å². The van der Waals surface area contributed by atoms with Gasteiger partial charge in [-0.25, -0.2) is 9.78 Å². The van der Waals surface area contributed by atoms with Crippen molar-refractivity contribution in [3.8, 4) is 0 Å². The van der Waals surface area contributed by atoms with Gasteiger partial charge in [-0.1, -0.05) is 38.1 Å². The van der Waals surface area contributed by atoms with Crippen LogP contribution in [-0.2, 0) is 6.42 Å². The fourth-order valence-electron chi connectivity index (χ4n) is 2.86. The number of thiazole rings is 1. The minimum absolute atomic E-state index is 0.141. The predicted octanol–water partition coefficient (Wildman–Crippen LogP) is 4.04. The van der Waals surface area contributed by atoms with Crippen LogP contribution in [0.1, 0.15) is 63.6 Å². The molecule has 20 heavy (non-hydrogen) atoms. The normalized spacial score (nSPS) is 17.4. The van der Waals surface area contributed by atoms with Gasteiger partial charge in [-0.05, 0) is 29.9 Å². The number of hydrogen-bond donors (Lipinski definition) is 1. The van der Waals surface area contributed by atoms with Gasteiger partial charge in [-0.2, -0.15) is 0 Å². The molecule has 3 rings (SSSR count). The molecule has 1 aliphatic carbocycles. The monoisotopic (exact) mass is 287 g/mol. The number of aromatic nitrogens is 1. The van der Waals surface area contributed by atoms with Crippen LogP contribution in [-0.4, -0.2) is 16.1 Å². The molecule has 1 aliphatic rings. The topological polar surface area (TPSA) is 50.2 Å². The summed E-state index contributed by atoms with van der Waals surface area (Å²) in [5.74, 6) is -0.451. The van der Waals surface area contributed by atoms with Crippen molar-refractivity contribution in [3.05, 3.63) is 51.0 Å². The Morgan fingerprint density at radius 1 is 1.40 bits per heavy atom. The van der Waals surface area contributed by atoms with Gasteiger partial charge in [0, 0.05) is 5.92 Å². The van der Waals surface area contributed by atoms with Crippen molar-refractivity contribution in [2.24, 2.45) is 0 Å². The minimum atomic E-state index is -0.858. The molecular formula is C16H17NO2S. The second kappa shape index (κ2) is 5.02. The third kappa shape index (κ3) is 2.14. The molecule has 0 bridgehead atoms. The predicted molar refractivity (Wildman–Crippen MR) is 79.8 cm³/mol. The third-order valence-corrected chi connectivity index (χ3v) is 5.01. The molecule has 1 atom stereocenters. The quantitative estimate of drug-likeness (QED) is 0.926. The SMILES string of the molecule is CC(C)c1nc(C2CCc3ccccc32)sc1C(=O)O. The van der Waals surface area contributed by atoms with Gasteiger partial charge in [0.15, 0.2) is 0 Å². The van der Waals surface area contributed by atoms with Crippen LogP contribution in [0.4, 0.5) is 0 Å². The standard InChI is InChI=1S/C16H17NO2S/c1-9(2)13-14(16(18)19)20-15(17-13)12-8-7-10-5-3-4-6-11(10)12/h3-6,9,12H,7-8H2,1-2H3,(H,18,19). The van der Waals surface area contributed by atoms with Gasteiger partial charge in [0.1, 0.15) is 9.88 Å². The Hall–Kier alpha value is -1.68. The average Bonchev–Trinajstić information content (AvgIpc) is 3.02. The Morgan fingerprint density at radius 3 is 2.80 bits per heavy atom. The van der Waals surface area contributed by atoms with E-state index < -0.39 is 5.97 Å². The average molecular weight is 287 g/mol.